The summed E-state index contributed by atoms with van der Waals surface area (Å²) in [7, 11) is 3.85. The molecular weight excluding hydrogens is 294 g/mol. The van der Waals surface area contributed by atoms with Gasteiger partial charge in [0, 0.05) is 19.2 Å². The first kappa shape index (κ1) is 15.6. The Kier molecular flexibility index (Phi) is 4.34. The van der Waals surface area contributed by atoms with Crippen LogP contribution in [0.3, 0.4) is 0 Å². The topological polar surface area (TPSA) is 67.6 Å². The Morgan fingerprint density at radius 3 is 2.87 bits per heavy atom. The van der Waals surface area contributed by atoms with Gasteiger partial charge in [0.15, 0.2) is 5.69 Å². The Morgan fingerprint density at radius 1 is 1.35 bits per heavy atom. The van der Waals surface area contributed by atoms with Crippen molar-refractivity contribution < 1.29 is 14.6 Å². The molecule has 3 rings (SSSR count). The van der Waals surface area contributed by atoms with E-state index in [1.807, 2.05) is 24.3 Å². The van der Waals surface area contributed by atoms with E-state index in [2.05, 4.69) is 17.0 Å². The first-order valence-corrected chi connectivity index (χ1v) is 7.76. The summed E-state index contributed by atoms with van der Waals surface area (Å²) >= 11 is 0. The lowest BCUT2D eigenvalue weighted by atomic mass is 10.1. The molecule has 1 fully saturated rings. The van der Waals surface area contributed by atoms with Gasteiger partial charge in [-0.3, -0.25) is 4.68 Å². The summed E-state index contributed by atoms with van der Waals surface area (Å²) < 4.78 is 7.67. The summed E-state index contributed by atoms with van der Waals surface area (Å²) in [6.07, 6.45) is 2.40. The summed E-state index contributed by atoms with van der Waals surface area (Å²) in [5.41, 5.74) is 1.70. The van der Waals surface area contributed by atoms with Crippen LogP contribution in [0.2, 0.25) is 0 Å². The van der Waals surface area contributed by atoms with Crippen LogP contribution in [0.25, 0.3) is 11.3 Å². The molecule has 0 bridgehead atoms. The number of hydrogen-bond donors (Lipinski definition) is 1. The molecule has 1 unspecified atom stereocenters. The number of rotatable bonds is 4. The first-order chi connectivity index (χ1) is 11.0. The van der Waals surface area contributed by atoms with Gasteiger partial charge >= 0.3 is 5.97 Å². The average Bonchev–Trinajstić information content (AvgIpc) is 2.90. The number of aromatic nitrogens is 2. The molecule has 1 aromatic heterocycles. The molecule has 1 aromatic carbocycles. The van der Waals surface area contributed by atoms with Crippen LogP contribution >= 0.6 is 0 Å². The highest BCUT2D eigenvalue weighted by atomic mass is 16.5. The van der Waals surface area contributed by atoms with Crippen molar-refractivity contribution in [1.29, 1.82) is 0 Å². The molecule has 23 heavy (non-hydrogen) atoms. The van der Waals surface area contributed by atoms with Crippen LogP contribution < -0.4 is 4.74 Å². The van der Waals surface area contributed by atoms with Crippen LogP contribution in [0.5, 0.6) is 5.75 Å². The summed E-state index contributed by atoms with van der Waals surface area (Å²) in [4.78, 5) is 13.3. The predicted molar refractivity (Wildman–Crippen MR) is 86.8 cm³/mol. The number of hydrogen-bond acceptors (Lipinski definition) is 4. The average molecular weight is 315 g/mol. The van der Waals surface area contributed by atoms with Gasteiger partial charge < -0.3 is 14.7 Å². The number of nitrogens with zero attached hydrogens (tertiary/aromatic N) is 3. The maximum atomic E-state index is 11.1. The number of aromatic carboxylic acids is 1. The highest BCUT2D eigenvalue weighted by Gasteiger charge is 2.19. The van der Waals surface area contributed by atoms with Crippen molar-refractivity contribution in [2.45, 2.75) is 18.9 Å². The number of carbonyl (C=O) groups is 1. The van der Waals surface area contributed by atoms with Crippen LogP contribution in [0.15, 0.2) is 30.3 Å². The number of aryl methyl sites for hydroxylation is 1. The Labute approximate surface area is 135 Å². The molecule has 2 heterocycles. The number of benzene rings is 1. The Hall–Kier alpha value is -2.34. The molecule has 2 aromatic rings. The molecule has 1 saturated heterocycles. The number of piperidine rings is 1. The van der Waals surface area contributed by atoms with Crippen molar-refractivity contribution in [2.24, 2.45) is 7.05 Å². The highest BCUT2D eigenvalue weighted by Crippen LogP contribution is 2.26. The highest BCUT2D eigenvalue weighted by molar-refractivity contribution is 5.87. The van der Waals surface area contributed by atoms with Gasteiger partial charge in [-0.25, -0.2) is 4.79 Å². The molecule has 122 valence electrons. The molecular formula is C17H21N3O3. The zero-order valence-electron chi connectivity index (χ0n) is 13.4. The van der Waals surface area contributed by atoms with Gasteiger partial charge in [0.2, 0.25) is 0 Å². The van der Waals surface area contributed by atoms with E-state index in [4.69, 9.17) is 9.84 Å². The zero-order valence-corrected chi connectivity index (χ0v) is 13.4. The second-order valence-corrected chi connectivity index (χ2v) is 6.02. The smallest absolute Gasteiger partial charge is 0.356 e. The van der Waals surface area contributed by atoms with Gasteiger partial charge in [0.1, 0.15) is 11.9 Å². The van der Waals surface area contributed by atoms with E-state index in [0.29, 0.717) is 0 Å². The summed E-state index contributed by atoms with van der Waals surface area (Å²) in [6.45, 7) is 2.05. The Bertz CT molecular complexity index is 711. The van der Waals surface area contributed by atoms with Gasteiger partial charge in [0.05, 0.1) is 5.69 Å². The number of likely N-dealkylation sites (tertiary alicyclic amines) is 1. The minimum absolute atomic E-state index is 0.0442. The molecule has 6 heteroatoms. The van der Waals surface area contributed by atoms with Crippen molar-refractivity contribution in [3.63, 3.8) is 0 Å². The third-order valence-corrected chi connectivity index (χ3v) is 4.11. The van der Waals surface area contributed by atoms with E-state index in [1.165, 1.54) is 0 Å². The van der Waals surface area contributed by atoms with Crippen LogP contribution in [0, 0.1) is 0 Å². The quantitative estimate of drug-likeness (QED) is 0.937. The maximum Gasteiger partial charge on any atom is 0.356 e. The standard InChI is InChI=1S/C17H21N3O3/c1-19-8-4-7-14(11-19)23-13-6-3-5-12(9-13)16-10-15(17(21)22)18-20(16)2/h3,5-6,9-10,14H,4,7-8,11H2,1-2H3,(H,21,22). The van der Waals surface area contributed by atoms with Crippen LogP contribution in [0.4, 0.5) is 0 Å². The Morgan fingerprint density at radius 2 is 2.17 bits per heavy atom. The third kappa shape index (κ3) is 3.53. The second-order valence-electron chi connectivity index (χ2n) is 6.02. The minimum atomic E-state index is -1.02. The largest absolute Gasteiger partial charge is 0.489 e. The van der Waals surface area contributed by atoms with Crippen LogP contribution in [-0.4, -0.2) is 52.0 Å². The number of carboxylic acids is 1. The van der Waals surface area contributed by atoms with Crippen molar-refractivity contribution in [3.8, 4) is 17.0 Å². The number of likely N-dealkylation sites (N-methyl/N-ethyl adjacent to an activating group) is 1. The summed E-state index contributed by atoms with van der Waals surface area (Å²) in [6, 6.07) is 9.31. The molecule has 0 saturated carbocycles. The number of carboxylic acid groups (broad SMARTS) is 1. The molecule has 0 spiro atoms. The van der Waals surface area contributed by atoms with E-state index in [-0.39, 0.29) is 11.8 Å². The number of ether oxygens (including phenoxy) is 1. The summed E-state index contributed by atoms with van der Waals surface area (Å²) in [5.74, 6) is -0.217. The van der Waals surface area contributed by atoms with E-state index < -0.39 is 5.97 Å². The molecule has 0 radical (unpaired) electrons. The lowest BCUT2D eigenvalue weighted by molar-refractivity contribution is 0.0689. The van der Waals surface area contributed by atoms with Crippen molar-refractivity contribution >= 4 is 5.97 Å². The lowest BCUT2D eigenvalue weighted by Gasteiger charge is -2.30. The van der Waals surface area contributed by atoms with Gasteiger partial charge in [-0.2, -0.15) is 5.10 Å². The van der Waals surface area contributed by atoms with Crippen LogP contribution in [0.1, 0.15) is 23.3 Å². The molecule has 6 nitrogen and oxygen atoms in total. The molecule has 0 amide bonds. The zero-order chi connectivity index (χ0) is 16.4. The third-order valence-electron chi connectivity index (χ3n) is 4.11. The van der Waals surface area contributed by atoms with Gasteiger partial charge in [-0.15, -0.1) is 0 Å². The second kappa shape index (κ2) is 6.42. The Balaban J connectivity index is 1.81. The minimum Gasteiger partial charge on any atom is -0.489 e. The fraction of sp³-hybridized carbons (Fsp3) is 0.412. The maximum absolute atomic E-state index is 11.1. The van der Waals surface area contributed by atoms with E-state index in [9.17, 15) is 4.79 Å². The van der Waals surface area contributed by atoms with E-state index in [0.717, 1.165) is 42.9 Å². The van der Waals surface area contributed by atoms with Crippen molar-refractivity contribution in [3.05, 3.63) is 36.0 Å². The fourth-order valence-corrected chi connectivity index (χ4v) is 2.98. The molecule has 1 N–H and O–H groups in total. The van der Waals surface area contributed by atoms with E-state index >= 15 is 0 Å². The van der Waals surface area contributed by atoms with Crippen molar-refractivity contribution in [2.75, 3.05) is 20.1 Å². The van der Waals surface area contributed by atoms with Gasteiger partial charge in [-0.1, -0.05) is 12.1 Å². The predicted octanol–water partition coefficient (Wildman–Crippen LogP) is 2.26. The SMILES string of the molecule is CN1CCCC(Oc2cccc(-c3cc(C(=O)O)nn3C)c2)C1. The summed E-state index contributed by atoms with van der Waals surface area (Å²) in [5, 5.41) is 13.1. The lowest BCUT2D eigenvalue weighted by Crippen LogP contribution is -2.38. The molecule has 1 atom stereocenters. The van der Waals surface area contributed by atoms with E-state index in [1.54, 1.807) is 17.8 Å². The molecule has 0 aliphatic carbocycles. The van der Waals surface area contributed by atoms with Gasteiger partial charge in [-0.05, 0) is 44.6 Å². The first-order valence-electron chi connectivity index (χ1n) is 7.76. The molecule has 1 aliphatic heterocycles. The van der Waals surface area contributed by atoms with Gasteiger partial charge in [0.25, 0.3) is 0 Å². The van der Waals surface area contributed by atoms with Crippen molar-refractivity contribution in [1.82, 2.24) is 14.7 Å². The normalized spacial score (nSPS) is 18.8. The van der Waals surface area contributed by atoms with Crippen LogP contribution in [-0.2, 0) is 7.05 Å². The monoisotopic (exact) mass is 315 g/mol. The molecule has 1 aliphatic rings. The fourth-order valence-electron chi connectivity index (χ4n) is 2.98.